The lowest BCUT2D eigenvalue weighted by Crippen LogP contribution is -2.25. The summed E-state index contributed by atoms with van der Waals surface area (Å²) in [6.45, 7) is 4.21. The van der Waals surface area contributed by atoms with Crippen LogP contribution in [0.5, 0.6) is 0 Å². The molecule has 2 aromatic rings. The molecule has 0 unspecified atom stereocenters. The number of anilines is 2. The number of nitrogens with zero attached hydrogens (tertiary/aromatic N) is 4. The van der Waals surface area contributed by atoms with Gasteiger partial charge in [-0.1, -0.05) is 18.7 Å². The zero-order valence-corrected chi connectivity index (χ0v) is 13.6. The van der Waals surface area contributed by atoms with E-state index in [9.17, 15) is 9.18 Å². The molecule has 1 aromatic carbocycles. The van der Waals surface area contributed by atoms with Crippen LogP contribution in [-0.4, -0.2) is 39.5 Å². The van der Waals surface area contributed by atoms with Gasteiger partial charge in [0.05, 0.1) is 5.75 Å². The van der Waals surface area contributed by atoms with Crippen LogP contribution in [-0.2, 0) is 11.3 Å². The van der Waals surface area contributed by atoms with Gasteiger partial charge in [-0.25, -0.2) is 4.39 Å². The fourth-order valence-electron chi connectivity index (χ4n) is 2.39. The highest BCUT2D eigenvalue weighted by Gasteiger charge is 2.26. The third-order valence-electron chi connectivity index (χ3n) is 3.53. The molecule has 8 heteroatoms. The maximum Gasteiger partial charge on any atom is 0.232 e. The quantitative estimate of drug-likeness (QED) is 0.820. The van der Waals surface area contributed by atoms with Gasteiger partial charge < -0.3 is 10.2 Å². The fraction of sp³-hybridized carbons (Fsp3) is 0.400. The molecular weight excluding hydrogens is 317 g/mol. The van der Waals surface area contributed by atoms with Crippen LogP contribution in [0.15, 0.2) is 29.4 Å². The van der Waals surface area contributed by atoms with Crippen molar-refractivity contribution in [2.24, 2.45) is 0 Å². The summed E-state index contributed by atoms with van der Waals surface area (Å²) in [5.41, 5.74) is 0.884. The summed E-state index contributed by atoms with van der Waals surface area (Å²) in [6.07, 6.45) is 0.920. The van der Waals surface area contributed by atoms with Crippen molar-refractivity contribution in [1.82, 2.24) is 20.1 Å². The van der Waals surface area contributed by atoms with Gasteiger partial charge in [0.25, 0.3) is 0 Å². The topological polar surface area (TPSA) is 63.1 Å². The van der Waals surface area contributed by atoms with Crippen LogP contribution in [0.2, 0.25) is 0 Å². The number of rotatable bonds is 6. The van der Waals surface area contributed by atoms with Gasteiger partial charge in [0.15, 0.2) is 5.16 Å². The Morgan fingerprint density at radius 2 is 2.09 bits per heavy atom. The van der Waals surface area contributed by atoms with Crippen molar-refractivity contribution in [3.8, 4) is 0 Å². The van der Waals surface area contributed by atoms with E-state index >= 15 is 0 Å². The van der Waals surface area contributed by atoms with Gasteiger partial charge in [-0.05, 0) is 30.7 Å². The summed E-state index contributed by atoms with van der Waals surface area (Å²) in [5, 5.41) is 11.9. The molecule has 0 radical (unpaired) electrons. The summed E-state index contributed by atoms with van der Waals surface area (Å²) < 4.78 is 15.0. The Labute approximate surface area is 138 Å². The second kappa shape index (κ2) is 6.99. The predicted molar refractivity (Wildman–Crippen MR) is 87.5 cm³/mol. The number of aromatic nitrogens is 3. The molecule has 0 atom stereocenters. The molecule has 122 valence electrons. The summed E-state index contributed by atoms with van der Waals surface area (Å²) in [4.78, 5) is 13.7. The average molecular weight is 335 g/mol. The van der Waals surface area contributed by atoms with Crippen molar-refractivity contribution >= 4 is 29.3 Å². The number of hydrogen-bond acceptors (Lipinski definition) is 5. The minimum atomic E-state index is -0.260. The van der Waals surface area contributed by atoms with Crippen LogP contribution in [0.1, 0.15) is 13.3 Å². The van der Waals surface area contributed by atoms with E-state index in [4.69, 9.17) is 0 Å². The van der Waals surface area contributed by atoms with Gasteiger partial charge in [0, 0.05) is 25.3 Å². The van der Waals surface area contributed by atoms with Crippen LogP contribution in [0.4, 0.5) is 16.0 Å². The normalized spacial score (nSPS) is 13.2. The van der Waals surface area contributed by atoms with E-state index in [1.807, 2.05) is 16.4 Å². The Morgan fingerprint density at radius 3 is 2.83 bits per heavy atom. The first-order valence-corrected chi connectivity index (χ1v) is 8.53. The molecular formula is C15H18FN5OS. The van der Waals surface area contributed by atoms with E-state index in [1.165, 1.54) is 23.9 Å². The number of nitrogens with one attached hydrogen (secondary N) is 1. The van der Waals surface area contributed by atoms with Crippen molar-refractivity contribution < 1.29 is 9.18 Å². The third-order valence-corrected chi connectivity index (χ3v) is 4.50. The van der Waals surface area contributed by atoms with Crippen LogP contribution in [0.25, 0.3) is 0 Å². The first-order valence-electron chi connectivity index (χ1n) is 7.55. The summed E-state index contributed by atoms with van der Waals surface area (Å²) in [7, 11) is 0. The van der Waals surface area contributed by atoms with Gasteiger partial charge in [-0.15, -0.1) is 10.2 Å². The summed E-state index contributed by atoms with van der Waals surface area (Å²) in [5.74, 6) is 0.800. The molecule has 3 rings (SSSR count). The number of fused-ring (bicyclic) bond motifs is 1. The van der Waals surface area contributed by atoms with E-state index in [1.54, 1.807) is 12.1 Å². The Morgan fingerprint density at radius 1 is 1.30 bits per heavy atom. The lowest BCUT2D eigenvalue weighted by Gasteiger charge is -2.14. The van der Waals surface area contributed by atoms with E-state index in [2.05, 4.69) is 15.5 Å². The molecule has 0 fully saturated rings. The lowest BCUT2D eigenvalue weighted by atomic mass is 10.3. The first-order chi connectivity index (χ1) is 11.2. The van der Waals surface area contributed by atoms with Crippen LogP contribution in [0, 0.1) is 5.82 Å². The lowest BCUT2D eigenvalue weighted by molar-refractivity contribution is -0.118. The van der Waals surface area contributed by atoms with Gasteiger partial charge in [-0.3, -0.25) is 9.36 Å². The molecule has 0 bridgehead atoms. The van der Waals surface area contributed by atoms with E-state index in [0.717, 1.165) is 36.3 Å². The molecule has 0 aliphatic carbocycles. The Kier molecular flexibility index (Phi) is 4.80. The zero-order valence-electron chi connectivity index (χ0n) is 12.8. The Balaban J connectivity index is 1.68. The molecule has 1 amide bonds. The minimum absolute atomic E-state index is 0.00240. The predicted octanol–water partition coefficient (Wildman–Crippen LogP) is 2.19. The molecule has 0 saturated carbocycles. The van der Waals surface area contributed by atoms with Crippen molar-refractivity contribution in [2.45, 2.75) is 25.0 Å². The SMILES string of the molecule is CCCNC(=O)CSc1nnc2n1CCN2c1ccc(F)cc1. The maximum atomic E-state index is 13.0. The summed E-state index contributed by atoms with van der Waals surface area (Å²) in [6, 6.07) is 6.32. The molecule has 2 heterocycles. The molecule has 1 aromatic heterocycles. The number of carbonyl (C=O) groups excluding carboxylic acids is 1. The smallest absolute Gasteiger partial charge is 0.232 e. The van der Waals surface area contributed by atoms with Crippen molar-refractivity contribution in [1.29, 1.82) is 0 Å². The second-order valence-corrected chi connectivity index (χ2v) is 6.14. The van der Waals surface area contributed by atoms with Crippen molar-refractivity contribution in [2.75, 3.05) is 23.7 Å². The third kappa shape index (κ3) is 3.47. The van der Waals surface area contributed by atoms with Gasteiger partial charge >= 0.3 is 0 Å². The molecule has 6 nitrogen and oxygen atoms in total. The number of hydrogen-bond donors (Lipinski definition) is 1. The molecule has 1 aliphatic rings. The monoisotopic (exact) mass is 335 g/mol. The Hall–Kier alpha value is -2.09. The van der Waals surface area contributed by atoms with Gasteiger partial charge in [0.1, 0.15) is 5.82 Å². The average Bonchev–Trinajstić information content (AvgIpc) is 3.14. The van der Waals surface area contributed by atoms with Crippen molar-refractivity contribution in [3.05, 3.63) is 30.1 Å². The standard InChI is InChI=1S/C15H18FN5OS/c1-2-7-17-13(22)10-23-15-19-18-14-20(8-9-21(14)15)12-5-3-11(16)4-6-12/h3-6H,2,7-10H2,1H3,(H,17,22). The Bertz CT molecular complexity index is 688. The molecule has 23 heavy (non-hydrogen) atoms. The molecule has 1 N–H and O–H groups in total. The van der Waals surface area contributed by atoms with Crippen LogP contribution in [0.3, 0.4) is 0 Å². The van der Waals surface area contributed by atoms with Crippen LogP contribution < -0.4 is 10.2 Å². The number of carbonyl (C=O) groups is 1. The second-order valence-electron chi connectivity index (χ2n) is 5.20. The number of thioether (sulfide) groups is 1. The highest BCUT2D eigenvalue weighted by atomic mass is 32.2. The van der Waals surface area contributed by atoms with E-state index in [0.29, 0.717) is 12.3 Å². The summed E-state index contributed by atoms with van der Waals surface area (Å²) >= 11 is 1.38. The van der Waals surface area contributed by atoms with E-state index < -0.39 is 0 Å². The fourth-order valence-corrected chi connectivity index (χ4v) is 3.18. The number of halogens is 1. The highest BCUT2D eigenvalue weighted by molar-refractivity contribution is 7.99. The van der Waals surface area contributed by atoms with Gasteiger partial charge in [-0.2, -0.15) is 0 Å². The largest absolute Gasteiger partial charge is 0.355 e. The maximum absolute atomic E-state index is 13.0. The number of amides is 1. The van der Waals surface area contributed by atoms with E-state index in [-0.39, 0.29) is 11.7 Å². The molecule has 1 aliphatic heterocycles. The minimum Gasteiger partial charge on any atom is -0.355 e. The van der Waals surface area contributed by atoms with Gasteiger partial charge in [0.2, 0.25) is 11.9 Å². The van der Waals surface area contributed by atoms with Crippen molar-refractivity contribution in [3.63, 3.8) is 0 Å². The first kappa shape index (κ1) is 15.8. The number of benzene rings is 1. The van der Waals surface area contributed by atoms with Crippen LogP contribution >= 0.6 is 11.8 Å². The molecule has 0 saturated heterocycles. The highest BCUT2D eigenvalue weighted by Crippen LogP contribution is 2.31. The molecule has 0 spiro atoms. The zero-order chi connectivity index (χ0) is 16.2.